The molecule has 0 amide bonds. The van der Waals surface area contributed by atoms with Gasteiger partial charge in [0.05, 0.1) is 34.4 Å². The van der Waals surface area contributed by atoms with E-state index in [0.717, 1.165) is 70.6 Å². The highest BCUT2D eigenvalue weighted by Gasteiger charge is 2.20. The molecule has 0 fully saturated rings. The molecule has 0 aliphatic heterocycles. The Morgan fingerprint density at radius 3 is 1.80 bits per heavy atom. The summed E-state index contributed by atoms with van der Waals surface area (Å²) in [5, 5.41) is 0. The van der Waals surface area contributed by atoms with E-state index in [1.807, 2.05) is 21.1 Å². The largest absolute Gasteiger partial charge is 0.756 e. The molecule has 2 atom stereocenters. The minimum atomic E-state index is -4.52. The normalized spacial score (nSPS) is 14.5. The number of carbonyl (C=O) groups excluding carboxylic acids is 1. The molecular formula is C40H74NO7P. The summed E-state index contributed by atoms with van der Waals surface area (Å²) in [6.45, 7) is 5.21. The predicted molar refractivity (Wildman–Crippen MR) is 203 cm³/mol. The number of phosphoric ester groups is 1. The van der Waals surface area contributed by atoms with Crippen LogP contribution in [0.25, 0.3) is 0 Å². The summed E-state index contributed by atoms with van der Waals surface area (Å²) in [5.74, 6) is -0.356. The molecule has 0 N–H and O–H groups in total. The molecule has 0 heterocycles. The maximum absolute atomic E-state index is 12.6. The van der Waals surface area contributed by atoms with E-state index in [0.29, 0.717) is 24.1 Å². The molecular weight excluding hydrogens is 637 g/mol. The van der Waals surface area contributed by atoms with Gasteiger partial charge in [0.15, 0.2) is 0 Å². The molecule has 0 aromatic heterocycles. The second-order valence-electron chi connectivity index (χ2n) is 13.9. The minimum absolute atomic E-state index is 0.0196. The molecule has 0 aliphatic carbocycles. The number of hydrogen-bond acceptors (Lipinski definition) is 7. The van der Waals surface area contributed by atoms with Gasteiger partial charge in [-0.05, 0) is 64.2 Å². The van der Waals surface area contributed by atoms with Gasteiger partial charge in [-0.25, -0.2) is 0 Å². The second kappa shape index (κ2) is 33.6. The highest BCUT2D eigenvalue weighted by molar-refractivity contribution is 7.45. The molecule has 286 valence electrons. The lowest BCUT2D eigenvalue weighted by molar-refractivity contribution is -0.870. The van der Waals surface area contributed by atoms with Crippen LogP contribution in [0.1, 0.15) is 142 Å². The van der Waals surface area contributed by atoms with Crippen LogP contribution in [0.15, 0.2) is 48.6 Å². The van der Waals surface area contributed by atoms with E-state index in [2.05, 4.69) is 62.5 Å². The van der Waals surface area contributed by atoms with Crippen LogP contribution in [0, 0.1) is 0 Å². The Morgan fingerprint density at radius 1 is 0.653 bits per heavy atom. The Hall–Kier alpha value is -1.54. The number of carbonyl (C=O) groups is 1. The number of hydrogen-bond donors (Lipinski definition) is 0. The zero-order valence-corrected chi connectivity index (χ0v) is 33.0. The van der Waals surface area contributed by atoms with Crippen molar-refractivity contribution in [3.8, 4) is 0 Å². The molecule has 0 aromatic carbocycles. The lowest BCUT2D eigenvalue weighted by Gasteiger charge is -2.28. The Kier molecular flexibility index (Phi) is 32.5. The Balaban J connectivity index is 4.35. The van der Waals surface area contributed by atoms with Gasteiger partial charge in [0.2, 0.25) is 0 Å². The van der Waals surface area contributed by atoms with Crippen LogP contribution in [0.3, 0.4) is 0 Å². The summed E-state index contributed by atoms with van der Waals surface area (Å²) in [7, 11) is 1.33. The smallest absolute Gasteiger partial charge is 0.306 e. The van der Waals surface area contributed by atoms with E-state index in [1.54, 1.807) is 0 Å². The number of phosphoric acid groups is 1. The number of nitrogens with zero attached hydrogens (tertiary/aromatic N) is 1. The number of quaternary nitrogens is 1. The van der Waals surface area contributed by atoms with Crippen LogP contribution < -0.4 is 4.89 Å². The van der Waals surface area contributed by atoms with Crippen molar-refractivity contribution in [1.82, 2.24) is 0 Å². The summed E-state index contributed by atoms with van der Waals surface area (Å²) in [6, 6.07) is 0. The third kappa shape index (κ3) is 37.5. The molecule has 0 saturated heterocycles. The van der Waals surface area contributed by atoms with Crippen LogP contribution in [-0.2, 0) is 27.9 Å². The average Bonchev–Trinajstić information content (AvgIpc) is 3.04. The van der Waals surface area contributed by atoms with E-state index in [4.69, 9.17) is 18.5 Å². The number of unbranched alkanes of at least 4 members (excludes halogenated alkanes) is 13. The molecule has 0 aromatic rings. The van der Waals surface area contributed by atoms with Gasteiger partial charge in [0.25, 0.3) is 7.82 Å². The number of allylic oxidation sites excluding steroid dienone is 8. The van der Waals surface area contributed by atoms with Gasteiger partial charge in [0, 0.05) is 13.0 Å². The molecule has 0 rings (SSSR count). The van der Waals surface area contributed by atoms with Gasteiger partial charge in [0.1, 0.15) is 19.3 Å². The molecule has 0 radical (unpaired) electrons. The first-order valence-electron chi connectivity index (χ1n) is 19.4. The van der Waals surface area contributed by atoms with E-state index in [9.17, 15) is 14.3 Å². The highest BCUT2D eigenvalue weighted by atomic mass is 31.2. The summed E-state index contributed by atoms with van der Waals surface area (Å²) < 4.78 is 34.4. The standard InChI is InChI=1S/C40H74NO7P/c1-6-8-10-12-14-16-18-20-21-22-23-25-27-29-31-33-40(42)48-39(38-47-49(43,44)46-36-34-41(3,4)5)37-45-35-32-30-28-26-24-19-17-15-13-11-9-7-2/h8,10,13-16,20-21,39H,6-7,9,11-12,17-19,22-38H2,1-5H3/b10-8-,15-13-,16-14-,21-20-. The lowest BCUT2D eigenvalue weighted by atomic mass is 10.1. The SMILES string of the molecule is CC/C=C\C/C=C\C/C=C\CCCCCCCC(=O)OC(COCCCCCCCC/C=C\CCCC)COP(=O)([O-])OCC[N+](C)(C)C. The molecule has 9 heteroatoms. The first-order valence-corrected chi connectivity index (χ1v) is 20.8. The van der Waals surface area contributed by atoms with Gasteiger partial charge in [-0.2, -0.15) is 0 Å². The summed E-state index contributed by atoms with van der Waals surface area (Å²) in [5.41, 5.74) is 0. The number of likely N-dealkylation sites (N-methyl/N-ethyl adjacent to an activating group) is 1. The van der Waals surface area contributed by atoms with Crippen LogP contribution >= 0.6 is 7.82 Å². The Morgan fingerprint density at radius 2 is 1.18 bits per heavy atom. The molecule has 0 bridgehead atoms. The lowest BCUT2D eigenvalue weighted by Crippen LogP contribution is -2.37. The quantitative estimate of drug-likeness (QED) is 0.0212. The molecule has 0 spiro atoms. The van der Waals surface area contributed by atoms with Gasteiger partial charge in [-0.3, -0.25) is 9.36 Å². The van der Waals surface area contributed by atoms with Crippen molar-refractivity contribution < 1.29 is 37.3 Å². The van der Waals surface area contributed by atoms with Crippen LogP contribution in [0.5, 0.6) is 0 Å². The van der Waals surface area contributed by atoms with Crippen molar-refractivity contribution in [2.75, 3.05) is 54.1 Å². The van der Waals surface area contributed by atoms with Crippen molar-refractivity contribution in [2.24, 2.45) is 0 Å². The third-order valence-electron chi connectivity index (χ3n) is 7.86. The number of rotatable bonds is 35. The molecule has 49 heavy (non-hydrogen) atoms. The Labute approximate surface area is 301 Å². The summed E-state index contributed by atoms with van der Waals surface area (Å²) >= 11 is 0. The van der Waals surface area contributed by atoms with Gasteiger partial charge >= 0.3 is 5.97 Å². The fourth-order valence-corrected chi connectivity index (χ4v) is 5.56. The van der Waals surface area contributed by atoms with Crippen molar-refractivity contribution in [3.63, 3.8) is 0 Å². The van der Waals surface area contributed by atoms with E-state index in [-0.39, 0.29) is 25.8 Å². The van der Waals surface area contributed by atoms with Crippen molar-refractivity contribution in [1.29, 1.82) is 0 Å². The molecule has 8 nitrogen and oxygen atoms in total. The number of ether oxygens (including phenoxy) is 2. The zero-order chi connectivity index (χ0) is 36.3. The molecule has 0 saturated carbocycles. The predicted octanol–water partition coefficient (Wildman–Crippen LogP) is 10.2. The Bertz CT molecular complexity index is 926. The number of esters is 1. The summed E-state index contributed by atoms with van der Waals surface area (Å²) in [6.07, 6.45) is 38.3. The average molecular weight is 712 g/mol. The first-order chi connectivity index (χ1) is 23.6. The van der Waals surface area contributed by atoms with Crippen molar-refractivity contribution >= 4 is 13.8 Å². The van der Waals surface area contributed by atoms with E-state index in [1.165, 1.54) is 51.4 Å². The molecule has 2 unspecified atom stereocenters. The monoisotopic (exact) mass is 712 g/mol. The molecule has 0 aliphatic rings. The maximum Gasteiger partial charge on any atom is 0.306 e. The minimum Gasteiger partial charge on any atom is -0.756 e. The first kappa shape index (κ1) is 47.5. The second-order valence-corrected chi connectivity index (χ2v) is 15.3. The fraction of sp³-hybridized carbons (Fsp3) is 0.775. The van der Waals surface area contributed by atoms with Gasteiger partial charge in [-0.1, -0.05) is 120 Å². The topological polar surface area (TPSA) is 94.1 Å². The summed E-state index contributed by atoms with van der Waals surface area (Å²) in [4.78, 5) is 24.9. The van der Waals surface area contributed by atoms with Gasteiger partial charge < -0.3 is 27.9 Å². The van der Waals surface area contributed by atoms with Gasteiger partial charge in [-0.15, -0.1) is 0 Å². The van der Waals surface area contributed by atoms with E-state index >= 15 is 0 Å². The fourth-order valence-electron chi connectivity index (χ4n) is 4.83. The van der Waals surface area contributed by atoms with Crippen LogP contribution in [-0.4, -0.2) is 70.7 Å². The van der Waals surface area contributed by atoms with Crippen LogP contribution in [0.4, 0.5) is 0 Å². The third-order valence-corrected chi connectivity index (χ3v) is 8.83. The van der Waals surface area contributed by atoms with E-state index < -0.39 is 13.9 Å². The van der Waals surface area contributed by atoms with Crippen molar-refractivity contribution in [3.05, 3.63) is 48.6 Å². The van der Waals surface area contributed by atoms with Crippen LogP contribution in [0.2, 0.25) is 0 Å². The zero-order valence-electron chi connectivity index (χ0n) is 32.1. The highest BCUT2D eigenvalue weighted by Crippen LogP contribution is 2.38. The maximum atomic E-state index is 12.6. The van der Waals surface area contributed by atoms with Crippen molar-refractivity contribution in [2.45, 2.75) is 148 Å².